The van der Waals surface area contributed by atoms with Crippen molar-refractivity contribution in [1.29, 1.82) is 0 Å². The van der Waals surface area contributed by atoms with Gasteiger partial charge in [0.25, 0.3) is 0 Å². The third-order valence-electron chi connectivity index (χ3n) is 5.19. The number of nitrogens with one attached hydrogen (secondary N) is 1. The Hall–Kier alpha value is -3.18. The van der Waals surface area contributed by atoms with E-state index in [0.29, 0.717) is 0 Å². The van der Waals surface area contributed by atoms with Crippen LogP contribution >= 0.6 is 0 Å². The second kappa shape index (κ2) is 8.45. The molecule has 0 unspecified atom stereocenters. The summed E-state index contributed by atoms with van der Waals surface area (Å²) in [4.78, 5) is 7.37. The second-order valence-corrected chi connectivity index (χ2v) is 7.52. The molecule has 0 spiro atoms. The summed E-state index contributed by atoms with van der Waals surface area (Å²) in [5.41, 5.74) is 6.82. The van der Waals surface area contributed by atoms with Gasteiger partial charge in [-0.25, -0.2) is 4.98 Å². The zero-order valence-corrected chi connectivity index (χ0v) is 17.1. The van der Waals surface area contributed by atoms with Crippen LogP contribution < -0.4 is 4.74 Å². The van der Waals surface area contributed by atoms with Crippen LogP contribution in [0.4, 0.5) is 0 Å². The second-order valence-electron chi connectivity index (χ2n) is 7.52. The van der Waals surface area contributed by atoms with Gasteiger partial charge >= 0.3 is 0 Å². The first-order valence-electron chi connectivity index (χ1n) is 9.83. The van der Waals surface area contributed by atoms with Crippen molar-refractivity contribution in [3.8, 4) is 17.0 Å². The molecule has 2 aromatic heterocycles. The molecule has 29 heavy (non-hydrogen) atoms. The van der Waals surface area contributed by atoms with Gasteiger partial charge in [0.1, 0.15) is 5.75 Å². The van der Waals surface area contributed by atoms with Crippen LogP contribution in [0.3, 0.4) is 0 Å². The Balaban J connectivity index is 1.66. The van der Waals surface area contributed by atoms with Crippen LogP contribution in [0.1, 0.15) is 16.7 Å². The van der Waals surface area contributed by atoms with Crippen LogP contribution in [-0.2, 0) is 13.0 Å². The third kappa shape index (κ3) is 4.46. The monoisotopic (exact) mass is 386 g/mol. The lowest BCUT2D eigenvalue weighted by Gasteiger charge is -2.19. The number of aryl methyl sites for hydroxylation is 1. The molecule has 0 fully saturated rings. The number of ether oxygens (including phenoxy) is 1. The van der Waals surface area contributed by atoms with Crippen LogP contribution in [-0.4, -0.2) is 40.8 Å². The van der Waals surface area contributed by atoms with Crippen molar-refractivity contribution in [2.75, 3.05) is 20.7 Å². The number of pyridine rings is 1. The van der Waals surface area contributed by atoms with Crippen LogP contribution in [0.2, 0.25) is 0 Å². The maximum absolute atomic E-state index is 5.32. The average Bonchev–Trinajstić information content (AvgIpc) is 3.26. The molecule has 1 N–H and O–H groups in total. The summed E-state index contributed by atoms with van der Waals surface area (Å²) < 4.78 is 5.32. The number of methoxy groups -OCH3 is 1. The highest BCUT2D eigenvalue weighted by atomic mass is 16.5. The van der Waals surface area contributed by atoms with Crippen molar-refractivity contribution >= 4 is 10.9 Å². The summed E-state index contributed by atoms with van der Waals surface area (Å²) in [6.45, 7) is 3.88. The zero-order chi connectivity index (χ0) is 20.2. The molecule has 4 aromatic rings. The van der Waals surface area contributed by atoms with Crippen molar-refractivity contribution in [1.82, 2.24) is 20.1 Å². The quantitative estimate of drug-likeness (QED) is 0.504. The maximum atomic E-state index is 5.32. The van der Waals surface area contributed by atoms with E-state index < -0.39 is 0 Å². The minimum absolute atomic E-state index is 0.829. The van der Waals surface area contributed by atoms with E-state index in [4.69, 9.17) is 9.72 Å². The predicted molar refractivity (Wildman–Crippen MR) is 117 cm³/mol. The number of aromatic nitrogens is 3. The summed E-state index contributed by atoms with van der Waals surface area (Å²) in [5.74, 6) is 0.851. The Labute approximate surface area is 171 Å². The van der Waals surface area contributed by atoms with E-state index >= 15 is 0 Å². The van der Waals surface area contributed by atoms with Gasteiger partial charge in [-0.2, -0.15) is 5.10 Å². The largest absolute Gasteiger partial charge is 0.497 e. The van der Waals surface area contributed by atoms with Crippen molar-refractivity contribution in [2.45, 2.75) is 19.9 Å². The first kappa shape index (κ1) is 19.2. The van der Waals surface area contributed by atoms with E-state index in [-0.39, 0.29) is 0 Å². The molecule has 2 heterocycles. The van der Waals surface area contributed by atoms with Crippen molar-refractivity contribution in [3.05, 3.63) is 77.6 Å². The smallest absolute Gasteiger partial charge is 0.118 e. The van der Waals surface area contributed by atoms with Gasteiger partial charge in [-0.3, -0.25) is 5.10 Å². The molecule has 4 rings (SSSR count). The molecule has 0 saturated carbocycles. The van der Waals surface area contributed by atoms with Crippen LogP contribution in [0.15, 0.2) is 60.9 Å². The van der Waals surface area contributed by atoms with E-state index in [0.717, 1.165) is 42.0 Å². The van der Waals surface area contributed by atoms with Crippen LogP contribution in [0.5, 0.6) is 5.75 Å². The van der Waals surface area contributed by atoms with Gasteiger partial charge in [0.2, 0.25) is 0 Å². The van der Waals surface area contributed by atoms with Gasteiger partial charge in [-0.1, -0.05) is 12.1 Å². The standard InChI is InChI=1S/C24H26N4O/c1-17-4-5-20-13-21(16-28(2)11-10-18-14-25-26-15-18)24(27-23(20)12-17)19-6-8-22(29-3)9-7-19/h4-9,12-15H,10-11,16H2,1-3H3,(H,25,26). The minimum atomic E-state index is 0.829. The molecule has 5 nitrogen and oxygen atoms in total. The fraction of sp³-hybridized carbons (Fsp3) is 0.250. The summed E-state index contributed by atoms with van der Waals surface area (Å²) in [6, 6.07) is 16.9. The molecular weight excluding hydrogens is 360 g/mol. The highest BCUT2D eigenvalue weighted by molar-refractivity contribution is 5.84. The predicted octanol–water partition coefficient (Wildman–Crippen LogP) is 4.62. The maximum Gasteiger partial charge on any atom is 0.118 e. The third-order valence-corrected chi connectivity index (χ3v) is 5.19. The van der Waals surface area contributed by atoms with Gasteiger partial charge in [-0.15, -0.1) is 0 Å². The molecule has 0 aliphatic heterocycles. The Kier molecular flexibility index (Phi) is 5.58. The fourth-order valence-electron chi connectivity index (χ4n) is 3.54. The number of H-pyrrole nitrogens is 1. The molecule has 0 atom stereocenters. The van der Waals surface area contributed by atoms with Gasteiger partial charge in [0.05, 0.1) is 24.5 Å². The highest BCUT2D eigenvalue weighted by Gasteiger charge is 2.12. The molecule has 2 aromatic carbocycles. The van der Waals surface area contributed by atoms with E-state index in [1.165, 1.54) is 22.1 Å². The normalized spacial score (nSPS) is 11.3. The Morgan fingerprint density at radius 2 is 1.90 bits per heavy atom. The Bertz CT molecular complexity index is 1090. The molecule has 148 valence electrons. The lowest BCUT2D eigenvalue weighted by molar-refractivity contribution is 0.331. The van der Waals surface area contributed by atoms with Gasteiger partial charge < -0.3 is 9.64 Å². The van der Waals surface area contributed by atoms with Crippen molar-refractivity contribution in [2.24, 2.45) is 0 Å². The van der Waals surface area contributed by atoms with E-state index in [1.807, 2.05) is 24.5 Å². The molecular formula is C24H26N4O. The van der Waals surface area contributed by atoms with E-state index in [1.54, 1.807) is 7.11 Å². The Morgan fingerprint density at radius 3 is 2.62 bits per heavy atom. The lowest BCUT2D eigenvalue weighted by atomic mass is 10.0. The first-order valence-corrected chi connectivity index (χ1v) is 9.83. The summed E-state index contributed by atoms with van der Waals surface area (Å²) in [5, 5.41) is 8.08. The van der Waals surface area contributed by atoms with Gasteiger partial charge in [0, 0.05) is 30.2 Å². The molecule has 0 aliphatic rings. The number of hydrogen-bond acceptors (Lipinski definition) is 4. The molecule has 0 saturated heterocycles. The average molecular weight is 386 g/mol. The zero-order valence-electron chi connectivity index (χ0n) is 17.1. The lowest BCUT2D eigenvalue weighted by Crippen LogP contribution is -2.21. The van der Waals surface area contributed by atoms with E-state index in [2.05, 4.69) is 65.5 Å². The number of hydrogen-bond donors (Lipinski definition) is 1. The van der Waals surface area contributed by atoms with Crippen LogP contribution in [0, 0.1) is 6.92 Å². The van der Waals surface area contributed by atoms with Crippen molar-refractivity contribution in [3.63, 3.8) is 0 Å². The summed E-state index contributed by atoms with van der Waals surface area (Å²) in [6.07, 6.45) is 4.80. The van der Waals surface area contributed by atoms with Gasteiger partial charge in [0.15, 0.2) is 0 Å². The SMILES string of the molecule is COc1ccc(-c2nc3cc(C)ccc3cc2CN(C)CCc2cn[nH]c2)cc1. The highest BCUT2D eigenvalue weighted by Crippen LogP contribution is 2.28. The van der Waals surface area contributed by atoms with Gasteiger partial charge in [-0.05, 0) is 73.5 Å². The number of benzene rings is 2. The molecule has 5 heteroatoms. The number of fused-ring (bicyclic) bond motifs is 1. The Morgan fingerprint density at radius 1 is 1.07 bits per heavy atom. The first-order chi connectivity index (χ1) is 14.1. The molecule has 0 bridgehead atoms. The fourth-order valence-corrected chi connectivity index (χ4v) is 3.54. The van der Waals surface area contributed by atoms with Crippen LogP contribution in [0.25, 0.3) is 22.2 Å². The number of likely N-dealkylation sites (N-methyl/N-ethyl adjacent to an activating group) is 1. The topological polar surface area (TPSA) is 54.0 Å². The molecule has 0 radical (unpaired) electrons. The minimum Gasteiger partial charge on any atom is -0.497 e. The van der Waals surface area contributed by atoms with Crippen molar-refractivity contribution < 1.29 is 4.74 Å². The summed E-state index contributed by atoms with van der Waals surface area (Å²) in [7, 11) is 3.84. The summed E-state index contributed by atoms with van der Waals surface area (Å²) >= 11 is 0. The molecule has 0 amide bonds. The number of aromatic amines is 1. The number of rotatable bonds is 7. The van der Waals surface area contributed by atoms with E-state index in [9.17, 15) is 0 Å². The number of nitrogens with zero attached hydrogens (tertiary/aromatic N) is 3. The molecule has 0 aliphatic carbocycles.